The minimum Gasteiger partial charge on any atom is -0.388 e. The molecule has 0 bridgehead atoms. The van der Waals surface area contributed by atoms with Crippen molar-refractivity contribution in [3.63, 3.8) is 0 Å². The molecule has 0 amide bonds. The lowest BCUT2D eigenvalue weighted by atomic mass is 10.0. The highest BCUT2D eigenvalue weighted by molar-refractivity contribution is 7.15. The maximum atomic E-state index is 10.0. The highest BCUT2D eigenvalue weighted by atomic mass is 32.1. The SMILES string of the molecule is CCCN(CCN(C)C)c1nc2c(s1)C(O)CCC2. The maximum absolute atomic E-state index is 10.0. The lowest BCUT2D eigenvalue weighted by Crippen LogP contribution is -2.32. The summed E-state index contributed by atoms with van der Waals surface area (Å²) in [5.74, 6) is 0. The third kappa shape index (κ3) is 3.68. The van der Waals surface area contributed by atoms with Crippen molar-refractivity contribution in [1.82, 2.24) is 9.88 Å². The second kappa shape index (κ2) is 6.68. The zero-order valence-electron chi connectivity index (χ0n) is 12.2. The molecule has 1 aliphatic rings. The van der Waals surface area contributed by atoms with Crippen molar-refractivity contribution in [2.75, 3.05) is 38.6 Å². The van der Waals surface area contributed by atoms with E-state index in [1.165, 1.54) is 0 Å². The standard InChI is InChI=1S/C14H25N3OS/c1-4-8-17(10-9-16(2)3)14-15-11-6-5-7-12(18)13(11)19-14/h12,18H,4-10H2,1-3H3. The van der Waals surface area contributed by atoms with E-state index >= 15 is 0 Å². The number of aliphatic hydroxyl groups excluding tert-OH is 1. The third-order valence-electron chi connectivity index (χ3n) is 3.49. The normalized spacial score (nSPS) is 18.7. The Morgan fingerprint density at radius 3 is 2.74 bits per heavy atom. The summed E-state index contributed by atoms with van der Waals surface area (Å²) in [6, 6.07) is 0. The quantitative estimate of drug-likeness (QED) is 0.869. The monoisotopic (exact) mass is 283 g/mol. The van der Waals surface area contributed by atoms with Gasteiger partial charge in [0.05, 0.1) is 16.7 Å². The molecule has 1 atom stereocenters. The van der Waals surface area contributed by atoms with E-state index in [1.807, 2.05) is 0 Å². The van der Waals surface area contributed by atoms with Crippen LogP contribution in [0, 0.1) is 0 Å². The first-order chi connectivity index (χ1) is 9.11. The fraction of sp³-hybridized carbons (Fsp3) is 0.786. The lowest BCUT2D eigenvalue weighted by Gasteiger charge is -2.23. The van der Waals surface area contributed by atoms with Crippen LogP contribution in [0.25, 0.3) is 0 Å². The first kappa shape index (κ1) is 14.8. The Morgan fingerprint density at radius 1 is 1.32 bits per heavy atom. The van der Waals surface area contributed by atoms with Gasteiger partial charge in [-0.05, 0) is 39.8 Å². The van der Waals surface area contributed by atoms with Gasteiger partial charge in [0.25, 0.3) is 0 Å². The smallest absolute Gasteiger partial charge is 0.185 e. The van der Waals surface area contributed by atoms with E-state index in [0.717, 1.165) is 61.0 Å². The van der Waals surface area contributed by atoms with Gasteiger partial charge in [0.1, 0.15) is 0 Å². The van der Waals surface area contributed by atoms with Crippen molar-refractivity contribution in [3.8, 4) is 0 Å². The molecular weight excluding hydrogens is 258 g/mol. The van der Waals surface area contributed by atoms with Gasteiger partial charge in [0, 0.05) is 19.6 Å². The van der Waals surface area contributed by atoms with Crippen molar-refractivity contribution in [1.29, 1.82) is 0 Å². The topological polar surface area (TPSA) is 39.6 Å². The number of fused-ring (bicyclic) bond motifs is 1. The second-order valence-corrected chi connectivity index (χ2v) is 6.51. The van der Waals surface area contributed by atoms with Crippen LogP contribution in [0.2, 0.25) is 0 Å². The fourth-order valence-corrected chi connectivity index (χ4v) is 3.60. The van der Waals surface area contributed by atoms with Crippen LogP contribution in [0.5, 0.6) is 0 Å². The summed E-state index contributed by atoms with van der Waals surface area (Å²) in [4.78, 5) is 10.4. The number of aromatic nitrogens is 1. The van der Waals surface area contributed by atoms with Crippen LogP contribution in [-0.4, -0.2) is 48.7 Å². The Bertz CT molecular complexity index is 405. The zero-order chi connectivity index (χ0) is 13.8. The van der Waals surface area contributed by atoms with Gasteiger partial charge in [0.15, 0.2) is 5.13 Å². The van der Waals surface area contributed by atoms with E-state index in [1.54, 1.807) is 11.3 Å². The summed E-state index contributed by atoms with van der Waals surface area (Å²) < 4.78 is 0. The van der Waals surface area contributed by atoms with Crippen molar-refractivity contribution >= 4 is 16.5 Å². The molecule has 19 heavy (non-hydrogen) atoms. The molecule has 1 heterocycles. The molecule has 1 aliphatic carbocycles. The lowest BCUT2D eigenvalue weighted by molar-refractivity contribution is 0.160. The van der Waals surface area contributed by atoms with Crippen LogP contribution in [0.15, 0.2) is 0 Å². The van der Waals surface area contributed by atoms with E-state index < -0.39 is 0 Å². The first-order valence-corrected chi connectivity index (χ1v) is 8.00. The Balaban J connectivity index is 2.12. The summed E-state index contributed by atoms with van der Waals surface area (Å²) in [6.45, 7) is 5.28. The fourth-order valence-electron chi connectivity index (χ4n) is 2.41. The van der Waals surface area contributed by atoms with Gasteiger partial charge in [0.2, 0.25) is 0 Å². The molecule has 0 aromatic carbocycles. The molecule has 5 heteroatoms. The van der Waals surface area contributed by atoms with Crippen LogP contribution >= 0.6 is 11.3 Å². The first-order valence-electron chi connectivity index (χ1n) is 7.19. The second-order valence-electron chi connectivity index (χ2n) is 5.51. The molecule has 1 N–H and O–H groups in total. The van der Waals surface area contributed by atoms with E-state index in [4.69, 9.17) is 4.98 Å². The number of nitrogens with zero attached hydrogens (tertiary/aromatic N) is 3. The average molecular weight is 283 g/mol. The molecule has 108 valence electrons. The van der Waals surface area contributed by atoms with Gasteiger partial charge in [-0.25, -0.2) is 4.98 Å². The van der Waals surface area contributed by atoms with Crippen molar-refractivity contribution in [3.05, 3.63) is 10.6 Å². The summed E-state index contributed by atoms with van der Waals surface area (Å²) in [7, 11) is 4.20. The molecule has 0 fully saturated rings. The van der Waals surface area contributed by atoms with E-state index in [2.05, 4.69) is 30.8 Å². The molecule has 1 unspecified atom stereocenters. The molecule has 1 aromatic rings. The van der Waals surface area contributed by atoms with Crippen molar-refractivity contribution < 1.29 is 5.11 Å². The number of aryl methyl sites for hydroxylation is 1. The molecule has 0 saturated carbocycles. The Kier molecular flexibility index (Phi) is 5.19. The van der Waals surface area contributed by atoms with Gasteiger partial charge in [-0.15, -0.1) is 0 Å². The summed E-state index contributed by atoms with van der Waals surface area (Å²) in [6.07, 6.45) is 3.81. The number of hydrogen-bond donors (Lipinski definition) is 1. The van der Waals surface area contributed by atoms with Gasteiger partial charge in [-0.3, -0.25) is 0 Å². The Morgan fingerprint density at radius 2 is 2.11 bits per heavy atom. The molecule has 4 nitrogen and oxygen atoms in total. The number of hydrogen-bond acceptors (Lipinski definition) is 5. The highest BCUT2D eigenvalue weighted by Gasteiger charge is 2.24. The van der Waals surface area contributed by atoms with Gasteiger partial charge < -0.3 is 14.9 Å². The summed E-state index contributed by atoms with van der Waals surface area (Å²) in [5, 5.41) is 11.1. The molecule has 0 saturated heterocycles. The van der Waals surface area contributed by atoms with E-state index in [0.29, 0.717) is 0 Å². The van der Waals surface area contributed by atoms with Crippen LogP contribution in [0.1, 0.15) is 42.9 Å². The number of aliphatic hydroxyl groups is 1. The Hall–Kier alpha value is -0.650. The van der Waals surface area contributed by atoms with Crippen molar-refractivity contribution in [2.24, 2.45) is 0 Å². The third-order valence-corrected chi connectivity index (χ3v) is 4.75. The minimum absolute atomic E-state index is 0.285. The predicted octanol–water partition coefficient (Wildman–Crippen LogP) is 2.29. The molecule has 2 rings (SSSR count). The molecule has 1 aromatic heterocycles. The molecule has 0 radical (unpaired) electrons. The number of thiazole rings is 1. The van der Waals surface area contributed by atoms with Gasteiger partial charge in [-0.1, -0.05) is 18.3 Å². The molecule has 0 spiro atoms. The summed E-state index contributed by atoms with van der Waals surface area (Å²) >= 11 is 1.69. The van der Waals surface area contributed by atoms with Crippen LogP contribution in [0.3, 0.4) is 0 Å². The van der Waals surface area contributed by atoms with Crippen LogP contribution in [0.4, 0.5) is 5.13 Å². The van der Waals surface area contributed by atoms with E-state index in [9.17, 15) is 5.11 Å². The average Bonchev–Trinajstić information content (AvgIpc) is 2.79. The maximum Gasteiger partial charge on any atom is 0.185 e. The number of anilines is 1. The van der Waals surface area contributed by atoms with E-state index in [-0.39, 0.29) is 6.10 Å². The van der Waals surface area contributed by atoms with Crippen molar-refractivity contribution in [2.45, 2.75) is 38.7 Å². The summed E-state index contributed by atoms with van der Waals surface area (Å²) in [5.41, 5.74) is 1.13. The van der Waals surface area contributed by atoms with Gasteiger partial charge in [-0.2, -0.15) is 0 Å². The number of rotatable bonds is 6. The minimum atomic E-state index is -0.285. The highest BCUT2D eigenvalue weighted by Crippen LogP contribution is 2.37. The van der Waals surface area contributed by atoms with Gasteiger partial charge >= 0.3 is 0 Å². The predicted molar refractivity (Wildman–Crippen MR) is 81.1 cm³/mol. The van der Waals surface area contributed by atoms with Crippen LogP contribution < -0.4 is 4.90 Å². The Labute approximate surface area is 120 Å². The van der Waals surface area contributed by atoms with Crippen LogP contribution in [-0.2, 0) is 6.42 Å². The zero-order valence-corrected chi connectivity index (χ0v) is 13.0. The number of likely N-dealkylation sites (N-methyl/N-ethyl adjacent to an activating group) is 1. The molecule has 0 aliphatic heterocycles. The molecular formula is C14H25N3OS. The largest absolute Gasteiger partial charge is 0.388 e.